The minimum absolute atomic E-state index is 0. The normalized spacial score (nSPS) is 13.1. The summed E-state index contributed by atoms with van der Waals surface area (Å²) in [6, 6.07) is 0.302. The van der Waals surface area contributed by atoms with Gasteiger partial charge in [-0.3, -0.25) is 0 Å². The second-order valence-corrected chi connectivity index (χ2v) is 3.95. The number of alkyl halides is 3. The summed E-state index contributed by atoms with van der Waals surface area (Å²) in [7, 11) is 0. The van der Waals surface area contributed by atoms with Gasteiger partial charge in [0.1, 0.15) is 5.82 Å². The van der Waals surface area contributed by atoms with E-state index in [1.54, 1.807) is 0 Å². The van der Waals surface area contributed by atoms with Gasteiger partial charge in [-0.1, -0.05) is 11.6 Å². The minimum atomic E-state index is -4.59. The summed E-state index contributed by atoms with van der Waals surface area (Å²) >= 11 is 5.41. The van der Waals surface area contributed by atoms with Crippen molar-refractivity contribution in [2.45, 2.75) is 18.6 Å². The van der Waals surface area contributed by atoms with Gasteiger partial charge in [0.25, 0.3) is 0 Å². The Morgan fingerprint density at radius 2 is 1.83 bits per heavy atom. The maximum atomic E-state index is 13.5. The van der Waals surface area contributed by atoms with Crippen LogP contribution < -0.4 is 11.5 Å². The molecule has 0 aliphatic heterocycles. The fourth-order valence-corrected chi connectivity index (χ4v) is 1.61. The lowest BCUT2D eigenvalue weighted by molar-refractivity contribution is -0.137. The zero-order valence-corrected chi connectivity index (χ0v) is 10.7. The molecule has 0 bridgehead atoms. The van der Waals surface area contributed by atoms with E-state index < -0.39 is 28.6 Å². The monoisotopic (exact) mass is 306 g/mol. The molecule has 2 nitrogen and oxygen atoms in total. The molecule has 0 unspecified atom stereocenters. The lowest BCUT2D eigenvalue weighted by atomic mass is 10.0. The highest BCUT2D eigenvalue weighted by atomic mass is 35.5. The molecule has 8 heteroatoms. The third kappa shape index (κ3) is 3.98. The van der Waals surface area contributed by atoms with Gasteiger partial charge in [-0.15, -0.1) is 12.4 Å². The molecule has 0 saturated heterocycles. The van der Waals surface area contributed by atoms with Crippen molar-refractivity contribution in [3.05, 3.63) is 34.1 Å². The fourth-order valence-electron chi connectivity index (χ4n) is 1.38. The van der Waals surface area contributed by atoms with Crippen LogP contribution in [0.25, 0.3) is 0 Å². The maximum absolute atomic E-state index is 13.5. The Hall–Kier alpha value is -0.560. The Bertz CT molecular complexity index is 410. The maximum Gasteiger partial charge on any atom is 0.416 e. The molecule has 1 atom stereocenters. The number of halogens is 6. The highest BCUT2D eigenvalue weighted by Gasteiger charge is 2.32. The molecule has 0 heterocycles. The molecule has 0 spiro atoms. The van der Waals surface area contributed by atoms with Crippen molar-refractivity contribution in [2.24, 2.45) is 11.5 Å². The Morgan fingerprint density at radius 1 is 1.28 bits per heavy atom. The first-order valence-electron chi connectivity index (χ1n) is 4.79. The van der Waals surface area contributed by atoms with Crippen molar-refractivity contribution in [3.8, 4) is 0 Å². The molecule has 0 radical (unpaired) electrons. The van der Waals surface area contributed by atoms with E-state index in [1.807, 2.05) is 0 Å². The van der Waals surface area contributed by atoms with E-state index in [1.165, 1.54) is 0 Å². The number of hydrogen-bond acceptors (Lipinski definition) is 2. The van der Waals surface area contributed by atoms with Gasteiger partial charge in [-0.25, -0.2) is 4.39 Å². The zero-order valence-electron chi connectivity index (χ0n) is 9.10. The van der Waals surface area contributed by atoms with Crippen LogP contribution >= 0.6 is 24.0 Å². The molecule has 1 rings (SSSR count). The predicted molar refractivity (Wildman–Crippen MR) is 64.3 cm³/mol. The van der Waals surface area contributed by atoms with E-state index >= 15 is 0 Å². The Labute approximate surface area is 113 Å². The van der Waals surface area contributed by atoms with Crippen LogP contribution in [0.3, 0.4) is 0 Å². The van der Waals surface area contributed by atoms with Crippen LogP contribution in [0.1, 0.15) is 23.6 Å². The van der Waals surface area contributed by atoms with Crippen molar-refractivity contribution in [1.82, 2.24) is 0 Å². The van der Waals surface area contributed by atoms with Crippen molar-refractivity contribution in [2.75, 3.05) is 6.54 Å². The topological polar surface area (TPSA) is 52.0 Å². The molecular weight excluding hydrogens is 295 g/mol. The molecular formula is C10H12Cl2F4N2. The van der Waals surface area contributed by atoms with E-state index in [0.717, 1.165) is 0 Å². The average molecular weight is 307 g/mol. The Balaban J connectivity index is 0.00000289. The van der Waals surface area contributed by atoms with E-state index in [2.05, 4.69) is 0 Å². The van der Waals surface area contributed by atoms with Crippen molar-refractivity contribution < 1.29 is 17.6 Å². The van der Waals surface area contributed by atoms with Gasteiger partial charge in [0.15, 0.2) is 0 Å². The molecule has 0 saturated carbocycles. The predicted octanol–water partition coefficient (Wildman–Crippen LogP) is 3.27. The molecule has 0 aliphatic rings. The standard InChI is InChI=1S/C10H11ClF4N2.ClH/c11-7-4-5(10(13,14)15)3-6(9(7)12)8(17)1-2-16;/h3-4,8H,1-2,16-17H2;1H/t8-;/m0./s1. The first kappa shape index (κ1) is 17.4. The molecule has 104 valence electrons. The number of nitrogens with two attached hydrogens (primary N) is 2. The van der Waals surface area contributed by atoms with Crippen molar-refractivity contribution in [3.63, 3.8) is 0 Å². The summed E-state index contributed by atoms with van der Waals surface area (Å²) in [6.45, 7) is 0.147. The van der Waals surface area contributed by atoms with E-state index in [0.29, 0.717) is 12.1 Å². The van der Waals surface area contributed by atoms with Crippen LogP contribution in [-0.2, 0) is 6.18 Å². The van der Waals surface area contributed by atoms with Gasteiger partial charge < -0.3 is 11.5 Å². The smallest absolute Gasteiger partial charge is 0.330 e. The molecule has 0 fully saturated rings. The third-order valence-electron chi connectivity index (χ3n) is 2.26. The van der Waals surface area contributed by atoms with Crippen LogP contribution in [0.2, 0.25) is 5.02 Å². The summed E-state index contributed by atoms with van der Waals surface area (Å²) in [5.41, 5.74) is 9.47. The van der Waals surface area contributed by atoms with E-state index in [4.69, 9.17) is 23.1 Å². The summed E-state index contributed by atoms with van der Waals surface area (Å²) in [4.78, 5) is 0. The van der Waals surface area contributed by atoms with Gasteiger partial charge in [-0.2, -0.15) is 13.2 Å². The summed E-state index contributed by atoms with van der Waals surface area (Å²) < 4.78 is 51.0. The van der Waals surface area contributed by atoms with Crippen LogP contribution in [0.5, 0.6) is 0 Å². The highest BCUT2D eigenvalue weighted by molar-refractivity contribution is 6.30. The summed E-state index contributed by atoms with van der Waals surface area (Å²) in [6.07, 6.45) is -4.41. The quantitative estimate of drug-likeness (QED) is 0.842. The largest absolute Gasteiger partial charge is 0.416 e. The third-order valence-corrected chi connectivity index (χ3v) is 2.54. The molecule has 18 heavy (non-hydrogen) atoms. The molecule has 4 N–H and O–H groups in total. The van der Waals surface area contributed by atoms with Gasteiger partial charge in [-0.05, 0) is 25.1 Å². The number of rotatable bonds is 3. The van der Waals surface area contributed by atoms with Crippen LogP contribution in [0.15, 0.2) is 12.1 Å². The zero-order chi connectivity index (χ0) is 13.2. The lowest BCUT2D eigenvalue weighted by Crippen LogP contribution is -2.18. The second kappa shape index (κ2) is 6.56. The van der Waals surface area contributed by atoms with Crippen molar-refractivity contribution >= 4 is 24.0 Å². The van der Waals surface area contributed by atoms with Crippen LogP contribution in [0, 0.1) is 5.82 Å². The number of hydrogen-bond donors (Lipinski definition) is 2. The minimum Gasteiger partial charge on any atom is -0.330 e. The number of benzene rings is 1. The van der Waals surface area contributed by atoms with Gasteiger partial charge >= 0.3 is 6.18 Å². The summed E-state index contributed by atoms with van der Waals surface area (Å²) in [5, 5.41) is -0.595. The lowest BCUT2D eigenvalue weighted by Gasteiger charge is -2.15. The highest BCUT2D eigenvalue weighted by Crippen LogP contribution is 2.35. The van der Waals surface area contributed by atoms with Crippen LogP contribution in [-0.4, -0.2) is 6.54 Å². The second-order valence-electron chi connectivity index (χ2n) is 3.54. The van der Waals surface area contributed by atoms with Gasteiger partial charge in [0.2, 0.25) is 0 Å². The summed E-state index contributed by atoms with van der Waals surface area (Å²) in [5.74, 6) is -0.930. The first-order valence-corrected chi connectivity index (χ1v) is 5.17. The van der Waals surface area contributed by atoms with Gasteiger partial charge in [0, 0.05) is 11.6 Å². The van der Waals surface area contributed by atoms with E-state index in [-0.39, 0.29) is 30.9 Å². The Morgan fingerprint density at radius 3 is 2.28 bits per heavy atom. The first-order chi connectivity index (χ1) is 7.77. The van der Waals surface area contributed by atoms with Crippen LogP contribution in [0.4, 0.5) is 17.6 Å². The molecule has 0 aromatic heterocycles. The molecule has 1 aromatic carbocycles. The van der Waals surface area contributed by atoms with Gasteiger partial charge in [0.05, 0.1) is 10.6 Å². The fraction of sp³-hybridized carbons (Fsp3) is 0.400. The average Bonchev–Trinajstić information content (AvgIpc) is 2.20. The molecule has 0 aliphatic carbocycles. The van der Waals surface area contributed by atoms with Crippen molar-refractivity contribution in [1.29, 1.82) is 0 Å². The SMILES string of the molecule is Cl.NCC[C@H](N)c1cc(C(F)(F)F)cc(Cl)c1F. The Kier molecular flexibility index (Phi) is 6.36. The molecule has 0 amide bonds. The molecule has 1 aromatic rings. The van der Waals surface area contributed by atoms with E-state index in [9.17, 15) is 17.6 Å².